The molecule has 92 valence electrons. The quantitative estimate of drug-likeness (QED) is 0.868. The third-order valence-corrected chi connectivity index (χ3v) is 4.12. The molecule has 0 saturated heterocycles. The number of rotatable bonds is 3. The first-order valence-corrected chi connectivity index (χ1v) is 6.86. The largest absolute Gasteiger partial charge is 0.351 e. The molecule has 1 aromatic rings. The first-order chi connectivity index (χ1) is 8.31. The minimum absolute atomic E-state index is 0.594. The van der Waals surface area contributed by atoms with Gasteiger partial charge in [-0.15, -0.1) is 0 Å². The van der Waals surface area contributed by atoms with Gasteiger partial charge in [0.25, 0.3) is 0 Å². The Hall–Kier alpha value is -1.12. The van der Waals surface area contributed by atoms with E-state index in [1.165, 1.54) is 38.5 Å². The molecule has 0 radical (unpaired) electrons. The first kappa shape index (κ1) is 11.0. The van der Waals surface area contributed by atoms with Crippen LogP contribution in [0.15, 0.2) is 12.4 Å². The van der Waals surface area contributed by atoms with Crippen LogP contribution in [0.1, 0.15) is 44.1 Å². The third kappa shape index (κ3) is 2.76. The second-order valence-electron chi connectivity index (χ2n) is 5.69. The summed E-state index contributed by atoms with van der Waals surface area (Å²) < 4.78 is 0. The SMILES string of the molecule is Cc1cnc(NC2CCCC(C3CC3)C2)nc1. The fourth-order valence-corrected chi connectivity index (χ4v) is 3.00. The lowest BCUT2D eigenvalue weighted by Gasteiger charge is -2.29. The summed E-state index contributed by atoms with van der Waals surface area (Å²) in [6.45, 7) is 2.02. The van der Waals surface area contributed by atoms with Crippen LogP contribution < -0.4 is 5.32 Å². The summed E-state index contributed by atoms with van der Waals surface area (Å²) in [6.07, 6.45) is 12.1. The van der Waals surface area contributed by atoms with Crippen LogP contribution in [0, 0.1) is 18.8 Å². The summed E-state index contributed by atoms with van der Waals surface area (Å²) in [7, 11) is 0. The molecule has 2 fully saturated rings. The summed E-state index contributed by atoms with van der Waals surface area (Å²) in [5.41, 5.74) is 1.12. The van der Waals surface area contributed by atoms with Gasteiger partial charge in [-0.05, 0) is 50.0 Å². The highest BCUT2D eigenvalue weighted by molar-refractivity contribution is 5.26. The zero-order chi connectivity index (χ0) is 11.7. The molecule has 0 amide bonds. The molecule has 0 aliphatic heterocycles. The van der Waals surface area contributed by atoms with E-state index in [2.05, 4.69) is 15.3 Å². The Morgan fingerprint density at radius 3 is 2.53 bits per heavy atom. The average Bonchev–Trinajstić information content (AvgIpc) is 3.17. The molecule has 0 bridgehead atoms. The molecule has 2 unspecified atom stereocenters. The molecule has 3 nitrogen and oxygen atoms in total. The number of anilines is 1. The number of hydrogen-bond donors (Lipinski definition) is 1. The Labute approximate surface area is 103 Å². The van der Waals surface area contributed by atoms with Crippen molar-refractivity contribution in [2.45, 2.75) is 51.5 Å². The Kier molecular flexibility index (Phi) is 3.00. The Morgan fingerprint density at radius 2 is 1.82 bits per heavy atom. The molecule has 1 aromatic heterocycles. The molecule has 0 aromatic carbocycles. The summed E-state index contributed by atoms with van der Waals surface area (Å²) in [5, 5.41) is 3.50. The Balaban J connectivity index is 1.58. The van der Waals surface area contributed by atoms with Gasteiger partial charge in [-0.2, -0.15) is 0 Å². The van der Waals surface area contributed by atoms with Crippen LogP contribution in [-0.4, -0.2) is 16.0 Å². The molecular weight excluding hydrogens is 210 g/mol. The fraction of sp³-hybridized carbons (Fsp3) is 0.714. The summed E-state index contributed by atoms with van der Waals surface area (Å²) in [6, 6.07) is 0.594. The Morgan fingerprint density at radius 1 is 1.06 bits per heavy atom. The third-order valence-electron chi connectivity index (χ3n) is 4.12. The van der Waals surface area contributed by atoms with Gasteiger partial charge in [0.15, 0.2) is 0 Å². The summed E-state index contributed by atoms with van der Waals surface area (Å²) >= 11 is 0. The summed E-state index contributed by atoms with van der Waals surface area (Å²) in [4.78, 5) is 8.67. The predicted octanol–water partition coefficient (Wildman–Crippen LogP) is 3.17. The molecule has 1 N–H and O–H groups in total. The number of aromatic nitrogens is 2. The molecule has 0 spiro atoms. The molecular formula is C14H21N3. The van der Waals surface area contributed by atoms with Crippen LogP contribution in [0.25, 0.3) is 0 Å². The topological polar surface area (TPSA) is 37.8 Å². The molecule has 2 saturated carbocycles. The normalized spacial score (nSPS) is 29.0. The van der Waals surface area contributed by atoms with Gasteiger partial charge in [0.1, 0.15) is 0 Å². The predicted molar refractivity (Wildman–Crippen MR) is 68.9 cm³/mol. The van der Waals surface area contributed by atoms with Gasteiger partial charge in [0.05, 0.1) is 0 Å². The fourth-order valence-electron chi connectivity index (χ4n) is 3.00. The zero-order valence-corrected chi connectivity index (χ0v) is 10.5. The van der Waals surface area contributed by atoms with E-state index in [4.69, 9.17) is 0 Å². The van der Waals surface area contributed by atoms with Gasteiger partial charge < -0.3 is 5.32 Å². The maximum Gasteiger partial charge on any atom is 0.222 e. The van der Waals surface area contributed by atoms with E-state index in [1.807, 2.05) is 19.3 Å². The van der Waals surface area contributed by atoms with Crippen LogP contribution >= 0.6 is 0 Å². The molecule has 3 heteroatoms. The van der Waals surface area contributed by atoms with E-state index in [-0.39, 0.29) is 0 Å². The summed E-state index contributed by atoms with van der Waals surface area (Å²) in [5.74, 6) is 2.81. The van der Waals surface area contributed by atoms with E-state index in [1.54, 1.807) is 0 Å². The van der Waals surface area contributed by atoms with Gasteiger partial charge in [-0.3, -0.25) is 0 Å². The molecule has 2 atom stereocenters. The van der Waals surface area contributed by atoms with E-state index in [0.29, 0.717) is 6.04 Å². The zero-order valence-electron chi connectivity index (χ0n) is 10.5. The van der Waals surface area contributed by atoms with Gasteiger partial charge in [-0.25, -0.2) is 9.97 Å². The van der Waals surface area contributed by atoms with Crippen molar-refractivity contribution in [1.29, 1.82) is 0 Å². The van der Waals surface area contributed by atoms with Crippen molar-refractivity contribution in [3.8, 4) is 0 Å². The smallest absolute Gasteiger partial charge is 0.222 e. The van der Waals surface area contributed by atoms with Crippen LogP contribution in [0.5, 0.6) is 0 Å². The highest BCUT2D eigenvalue weighted by Crippen LogP contribution is 2.44. The van der Waals surface area contributed by atoms with Crippen LogP contribution in [0.4, 0.5) is 5.95 Å². The lowest BCUT2D eigenvalue weighted by atomic mass is 9.83. The van der Waals surface area contributed by atoms with Crippen molar-refractivity contribution in [3.63, 3.8) is 0 Å². The average molecular weight is 231 g/mol. The standard InChI is InChI=1S/C14H21N3/c1-10-8-15-14(16-9-10)17-13-4-2-3-12(7-13)11-5-6-11/h8-9,11-13H,2-7H2,1H3,(H,15,16,17). The maximum atomic E-state index is 4.34. The van der Waals surface area contributed by atoms with Gasteiger partial charge in [0, 0.05) is 18.4 Å². The van der Waals surface area contributed by atoms with Gasteiger partial charge in [0.2, 0.25) is 5.95 Å². The molecule has 2 aliphatic rings. The second-order valence-corrected chi connectivity index (χ2v) is 5.69. The lowest BCUT2D eigenvalue weighted by molar-refractivity contribution is 0.302. The minimum Gasteiger partial charge on any atom is -0.351 e. The van der Waals surface area contributed by atoms with E-state index in [9.17, 15) is 0 Å². The van der Waals surface area contributed by atoms with Crippen LogP contribution in [0.2, 0.25) is 0 Å². The van der Waals surface area contributed by atoms with Gasteiger partial charge >= 0.3 is 0 Å². The van der Waals surface area contributed by atoms with Crippen molar-refractivity contribution in [2.75, 3.05) is 5.32 Å². The molecule has 3 rings (SSSR count). The van der Waals surface area contributed by atoms with Crippen molar-refractivity contribution in [3.05, 3.63) is 18.0 Å². The Bertz CT molecular complexity index is 370. The highest BCUT2D eigenvalue weighted by Gasteiger charge is 2.34. The molecule has 2 aliphatic carbocycles. The minimum atomic E-state index is 0.594. The first-order valence-electron chi connectivity index (χ1n) is 6.86. The molecule has 17 heavy (non-hydrogen) atoms. The van der Waals surface area contributed by atoms with Crippen LogP contribution in [-0.2, 0) is 0 Å². The molecule has 1 heterocycles. The van der Waals surface area contributed by atoms with Crippen molar-refractivity contribution in [2.24, 2.45) is 11.8 Å². The maximum absolute atomic E-state index is 4.34. The van der Waals surface area contributed by atoms with Gasteiger partial charge in [-0.1, -0.05) is 12.8 Å². The van der Waals surface area contributed by atoms with Crippen LogP contribution in [0.3, 0.4) is 0 Å². The lowest BCUT2D eigenvalue weighted by Crippen LogP contribution is -2.28. The number of hydrogen-bond acceptors (Lipinski definition) is 3. The highest BCUT2D eigenvalue weighted by atomic mass is 15.1. The monoisotopic (exact) mass is 231 g/mol. The van der Waals surface area contributed by atoms with Crippen molar-refractivity contribution >= 4 is 5.95 Å². The van der Waals surface area contributed by atoms with E-state index < -0.39 is 0 Å². The van der Waals surface area contributed by atoms with Crippen molar-refractivity contribution < 1.29 is 0 Å². The van der Waals surface area contributed by atoms with E-state index in [0.717, 1.165) is 23.3 Å². The van der Waals surface area contributed by atoms with Crippen molar-refractivity contribution in [1.82, 2.24) is 9.97 Å². The van der Waals surface area contributed by atoms with E-state index >= 15 is 0 Å². The number of aryl methyl sites for hydroxylation is 1. The number of nitrogens with one attached hydrogen (secondary N) is 1. The number of nitrogens with zero attached hydrogens (tertiary/aromatic N) is 2. The second kappa shape index (κ2) is 4.63.